The third-order valence-electron chi connectivity index (χ3n) is 8.33. The zero-order valence-corrected chi connectivity index (χ0v) is 19.6. The van der Waals surface area contributed by atoms with Crippen molar-refractivity contribution in [1.29, 1.82) is 0 Å². The summed E-state index contributed by atoms with van der Waals surface area (Å²) in [6.45, 7) is 1.04. The highest BCUT2D eigenvalue weighted by molar-refractivity contribution is 5.89. The summed E-state index contributed by atoms with van der Waals surface area (Å²) in [5.74, 6) is 0. The third kappa shape index (κ3) is 3.24. The van der Waals surface area contributed by atoms with Crippen LogP contribution in [-0.4, -0.2) is 35.5 Å². The molecule has 0 unspecified atom stereocenters. The number of hydrogen-bond donors (Lipinski definition) is 2. The Hall–Kier alpha value is -2.95. The molecule has 2 aromatic carbocycles. The zero-order valence-electron chi connectivity index (χ0n) is 19.6. The molecule has 1 fully saturated rings. The maximum absolute atomic E-state index is 4.18. The lowest BCUT2D eigenvalue weighted by molar-refractivity contribution is 0.0496. The Morgan fingerprint density at radius 2 is 1.61 bits per heavy atom. The van der Waals surface area contributed by atoms with E-state index < -0.39 is 0 Å². The summed E-state index contributed by atoms with van der Waals surface area (Å²) in [6.07, 6.45) is 9.39. The van der Waals surface area contributed by atoms with Crippen LogP contribution in [0.5, 0.6) is 0 Å². The van der Waals surface area contributed by atoms with Gasteiger partial charge in [0, 0.05) is 41.1 Å². The lowest BCUT2D eigenvalue weighted by atomic mass is 9.66. The van der Waals surface area contributed by atoms with E-state index in [1.807, 2.05) is 12.4 Å². The number of H-pyrrole nitrogens is 1. The molecule has 6 rings (SSSR count). The maximum atomic E-state index is 4.18. The predicted octanol–water partition coefficient (Wildman–Crippen LogP) is 5.60. The SMILES string of the molecule is CN(C)C1(c2ccccc2)CCC2(CC1)NCCc1c2[nH]c2ccc(-c3ccncc3)cc12. The van der Waals surface area contributed by atoms with Gasteiger partial charge in [0.25, 0.3) is 0 Å². The molecule has 1 aliphatic heterocycles. The van der Waals surface area contributed by atoms with Crippen molar-refractivity contribution in [3.05, 3.63) is 89.9 Å². The van der Waals surface area contributed by atoms with Gasteiger partial charge in [-0.2, -0.15) is 0 Å². The summed E-state index contributed by atoms with van der Waals surface area (Å²) < 4.78 is 0. The number of nitrogens with one attached hydrogen (secondary N) is 2. The Bertz CT molecular complexity index is 1270. The van der Waals surface area contributed by atoms with E-state index in [2.05, 4.69) is 94.9 Å². The highest BCUT2D eigenvalue weighted by Crippen LogP contribution is 2.50. The van der Waals surface area contributed by atoms with E-state index in [1.165, 1.54) is 38.9 Å². The fourth-order valence-electron chi connectivity index (χ4n) is 6.41. The van der Waals surface area contributed by atoms with Crippen LogP contribution in [0.15, 0.2) is 73.1 Å². The molecule has 33 heavy (non-hydrogen) atoms. The Kier molecular flexibility index (Phi) is 4.89. The Balaban J connectivity index is 1.38. The van der Waals surface area contributed by atoms with Gasteiger partial charge < -0.3 is 10.3 Å². The number of aromatic nitrogens is 2. The van der Waals surface area contributed by atoms with Crippen LogP contribution in [0, 0.1) is 0 Å². The molecule has 3 heterocycles. The van der Waals surface area contributed by atoms with Crippen LogP contribution in [0.1, 0.15) is 42.5 Å². The minimum absolute atomic E-state index is 0.0394. The molecular formula is C29H32N4. The van der Waals surface area contributed by atoms with Crippen molar-refractivity contribution in [3.8, 4) is 11.1 Å². The second-order valence-corrected chi connectivity index (χ2v) is 10.0. The third-order valence-corrected chi connectivity index (χ3v) is 8.33. The van der Waals surface area contributed by atoms with Crippen molar-refractivity contribution in [1.82, 2.24) is 20.2 Å². The standard InChI is InChI=1S/C29H32N4/c1-33(2)29(23-6-4-3-5-7-23)15-13-28(14-16-29)27-24(12-19-31-28)25-20-22(8-9-26(25)32-27)21-10-17-30-18-11-21/h3-11,17-18,20,31-32H,12-16,19H2,1-2H3. The summed E-state index contributed by atoms with van der Waals surface area (Å²) in [7, 11) is 4.49. The Morgan fingerprint density at radius 3 is 2.33 bits per heavy atom. The molecule has 1 aliphatic carbocycles. The van der Waals surface area contributed by atoms with Gasteiger partial charge >= 0.3 is 0 Å². The van der Waals surface area contributed by atoms with Crippen LogP contribution in [0.3, 0.4) is 0 Å². The Morgan fingerprint density at radius 1 is 0.848 bits per heavy atom. The van der Waals surface area contributed by atoms with E-state index in [-0.39, 0.29) is 11.1 Å². The average molecular weight is 437 g/mol. The van der Waals surface area contributed by atoms with Crippen molar-refractivity contribution in [3.63, 3.8) is 0 Å². The fourth-order valence-corrected chi connectivity index (χ4v) is 6.41. The van der Waals surface area contributed by atoms with Gasteiger partial charge in [-0.15, -0.1) is 0 Å². The fraction of sp³-hybridized carbons (Fsp3) is 0.345. The quantitative estimate of drug-likeness (QED) is 0.439. The van der Waals surface area contributed by atoms with Crippen LogP contribution in [0.25, 0.3) is 22.0 Å². The first-order valence-electron chi connectivity index (χ1n) is 12.1. The molecule has 1 spiro atoms. The van der Waals surface area contributed by atoms with E-state index in [1.54, 1.807) is 0 Å². The first kappa shape index (κ1) is 20.6. The minimum atomic E-state index is 0.0394. The second-order valence-electron chi connectivity index (χ2n) is 10.0. The first-order valence-corrected chi connectivity index (χ1v) is 12.1. The lowest BCUT2D eigenvalue weighted by Gasteiger charge is -2.51. The molecule has 0 amide bonds. The van der Waals surface area contributed by atoms with Crippen LogP contribution in [-0.2, 0) is 17.5 Å². The molecule has 0 bridgehead atoms. The number of rotatable bonds is 3. The van der Waals surface area contributed by atoms with Crippen molar-refractivity contribution in [2.75, 3.05) is 20.6 Å². The van der Waals surface area contributed by atoms with E-state index in [0.29, 0.717) is 0 Å². The smallest absolute Gasteiger partial charge is 0.0591 e. The van der Waals surface area contributed by atoms with E-state index in [9.17, 15) is 0 Å². The van der Waals surface area contributed by atoms with Gasteiger partial charge in [-0.25, -0.2) is 0 Å². The van der Waals surface area contributed by atoms with Crippen LogP contribution >= 0.6 is 0 Å². The molecule has 0 radical (unpaired) electrons. The number of hydrogen-bond acceptors (Lipinski definition) is 3. The van der Waals surface area contributed by atoms with E-state index in [4.69, 9.17) is 0 Å². The van der Waals surface area contributed by atoms with Gasteiger partial charge in [-0.1, -0.05) is 36.4 Å². The van der Waals surface area contributed by atoms with Crippen LogP contribution in [0.4, 0.5) is 0 Å². The number of benzene rings is 2. The topological polar surface area (TPSA) is 44.0 Å². The van der Waals surface area contributed by atoms with Gasteiger partial charge in [0.1, 0.15) is 0 Å². The molecule has 2 aliphatic rings. The van der Waals surface area contributed by atoms with Crippen molar-refractivity contribution in [2.45, 2.75) is 43.2 Å². The highest BCUT2D eigenvalue weighted by atomic mass is 15.2. The van der Waals surface area contributed by atoms with E-state index in [0.717, 1.165) is 38.6 Å². The largest absolute Gasteiger partial charge is 0.357 e. The van der Waals surface area contributed by atoms with Gasteiger partial charge in [0.2, 0.25) is 0 Å². The number of nitrogens with zero attached hydrogens (tertiary/aromatic N) is 2. The molecule has 4 aromatic rings. The number of pyridine rings is 1. The molecule has 4 heteroatoms. The summed E-state index contributed by atoms with van der Waals surface area (Å²) in [4.78, 5) is 10.5. The maximum Gasteiger partial charge on any atom is 0.0591 e. The van der Waals surface area contributed by atoms with Gasteiger partial charge in [-0.05, 0) is 92.7 Å². The van der Waals surface area contributed by atoms with E-state index >= 15 is 0 Å². The molecule has 2 aromatic heterocycles. The summed E-state index contributed by atoms with van der Waals surface area (Å²) in [6, 6.07) is 22.1. The molecular weight excluding hydrogens is 404 g/mol. The van der Waals surface area contributed by atoms with Gasteiger partial charge in [0.15, 0.2) is 0 Å². The summed E-state index contributed by atoms with van der Waals surface area (Å²) in [5, 5.41) is 5.35. The van der Waals surface area contributed by atoms with Gasteiger partial charge in [-0.3, -0.25) is 9.88 Å². The Labute approximate surface area is 196 Å². The second kappa shape index (κ2) is 7.82. The zero-order chi connectivity index (χ0) is 22.5. The van der Waals surface area contributed by atoms with Crippen LogP contribution in [0.2, 0.25) is 0 Å². The molecule has 4 nitrogen and oxygen atoms in total. The highest BCUT2D eigenvalue weighted by Gasteiger charge is 2.48. The number of aromatic amines is 1. The van der Waals surface area contributed by atoms with Crippen molar-refractivity contribution >= 4 is 10.9 Å². The molecule has 1 saturated carbocycles. The monoisotopic (exact) mass is 436 g/mol. The van der Waals surface area contributed by atoms with Crippen molar-refractivity contribution in [2.24, 2.45) is 0 Å². The molecule has 0 saturated heterocycles. The summed E-state index contributed by atoms with van der Waals surface area (Å²) >= 11 is 0. The summed E-state index contributed by atoms with van der Waals surface area (Å²) in [5.41, 5.74) is 8.27. The molecule has 0 atom stereocenters. The minimum Gasteiger partial charge on any atom is -0.357 e. The number of fused-ring (bicyclic) bond motifs is 4. The predicted molar refractivity (Wildman–Crippen MR) is 135 cm³/mol. The van der Waals surface area contributed by atoms with Crippen molar-refractivity contribution < 1.29 is 0 Å². The normalized spacial score (nSPS) is 24.9. The average Bonchev–Trinajstić information content (AvgIpc) is 3.25. The molecule has 2 N–H and O–H groups in total. The van der Waals surface area contributed by atoms with Crippen LogP contribution < -0.4 is 5.32 Å². The van der Waals surface area contributed by atoms with Gasteiger partial charge in [0.05, 0.1) is 5.54 Å². The first-order chi connectivity index (χ1) is 16.1. The molecule has 168 valence electrons. The lowest BCUT2D eigenvalue weighted by Crippen LogP contribution is -2.55.